The van der Waals surface area contributed by atoms with Crippen molar-refractivity contribution in [2.75, 3.05) is 0 Å². The monoisotopic (exact) mass is 207 g/mol. The minimum Gasteiger partial charge on any atom is -0.292 e. The zero-order chi connectivity index (χ0) is 10.1. The molecule has 0 fully saturated rings. The highest BCUT2D eigenvalue weighted by Crippen LogP contribution is 2.24. The molecule has 2 heterocycles. The van der Waals surface area contributed by atoms with E-state index in [1.54, 1.807) is 17.4 Å². The molecule has 4 nitrogen and oxygen atoms in total. The van der Waals surface area contributed by atoms with E-state index in [0.29, 0.717) is 0 Å². The van der Waals surface area contributed by atoms with Crippen molar-refractivity contribution < 1.29 is 4.79 Å². The van der Waals surface area contributed by atoms with Gasteiger partial charge in [0.25, 0.3) is 0 Å². The standard InChI is InChI=1S/C9H9N3OS/c1-6(10-5-13)8-7(2)11-9-12(8)3-4-14-9/h3-4,6H,1-2H3. The molecule has 2 rings (SSSR count). The number of carbonyl (C=O) groups excluding carboxylic acids is 1. The smallest absolute Gasteiger partial charge is 0.235 e. The largest absolute Gasteiger partial charge is 0.292 e. The molecule has 0 bridgehead atoms. The number of aryl methyl sites for hydroxylation is 1. The number of hydrogen-bond donors (Lipinski definition) is 0. The molecule has 5 heteroatoms. The van der Waals surface area contributed by atoms with Crippen molar-refractivity contribution in [3.05, 3.63) is 23.0 Å². The van der Waals surface area contributed by atoms with Gasteiger partial charge in [-0.15, -0.1) is 11.3 Å². The number of aromatic nitrogens is 2. The Morgan fingerprint density at radius 1 is 1.71 bits per heavy atom. The summed E-state index contributed by atoms with van der Waals surface area (Å²) in [6, 6.07) is -0.183. The highest BCUT2D eigenvalue weighted by Gasteiger charge is 2.14. The molecule has 0 radical (unpaired) electrons. The molecule has 14 heavy (non-hydrogen) atoms. The third kappa shape index (κ3) is 1.27. The fourth-order valence-electron chi connectivity index (χ4n) is 1.56. The Hall–Kier alpha value is -1.45. The second-order valence-electron chi connectivity index (χ2n) is 3.03. The number of hydrogen-bond acceptors (Lipinski definition) is 4. The molecule has 2 aromatic heterocycles. The molecule has 0 saturated carbocycles. The van der Waals surface area contributed by atoms with E-state index in [2.05, 4.69) is 9.98 Å². The fourth-order valence-corrected chi connectivity index (χ4v) is 2.32. The maximum atomic E-state index is 10.2. The van der Waals surface area contributed by atoms with Crippen LogP contribution in [0.4, 0.5) is 0 Å². The van der Waals surface area contributed by atoms with E-state index >= 15 is 0 Å². The van der Waals surface area contributed by atoms with Gasteiger partial charge < -0.3 is 0 Å². The van der Waals surface area contributed by atoms with Crippen LogP contribution >= 0.6 is 11.3 Å². The van der Waals surface area contributed by atoms with Gasteiger partial charge in [0, 0.05) is 11.6 Å². The summed E-state index contributed by atoms with van der Waals surface area (Å²) in [6.07, 6.45) is 3.51. The number of fused-ring (bicyclic) bond motifs is 1. The molecule has 0 aliphatic carbocycles. The molecule has 0 aliphatic heterocycles. The molecule has 0 aromatic carbocycles. The van der Waals surface area contributed by atoms with Gasteiger partial charge in [0.2, 0.25) is 6.08 Å². The van der Waals surface area contributed by atoms with Gasteiger partial charge in [-0.1, -0.05) is 0 Å². The Kier molecular flexibility index (Phi) is 2.19. The minimum absolute atomic E-state index is 0.183. The van der Waals surface area contributed by atoms with E-state index in [1.165, 1.54) is 0 Å². The van der Waals surface area contributed by atoms with E-state index in [0.717, 1.165) is 16.3 Å². The Balaban J connectivity index is 2.63. The van der Waals surface area contributed by atoms with Crippen LogP contribution in [0.3, 0.4) is 0 Å². The molecule has 0 N–H and O–H groups in total. The Labute approximate surface area is 84.9 Å². The maximum Gasteiger partial charge on any atom is 0.235 e. The van der Waals surface area contributed by atoms with Gasteiger partial charge in [0.1, 0.15) is 6.04 Å². The zero-order valence-corrected chi connectivity index (χ0v) is 8.71. The van der Waals surface area contributed by atoms with Crippen molar-refractivity contribution in [2.45, 2.75) is 19.9 Å². The average molecular weight is 207 g/mol. The van der Waals surface area contributed by atoms with Gasteiger partial charge in [0.15, 0.2) is 4.96 Å². The van der Waals surface area contributed by atoms with E-state index < -0.39 is 0 Å². The first-order valence-corrected chi connectivity index (χ1v) is 5.11. The average Bonchev–Trinajstić information content (AvgIpc) is 2.63. The topological polar surface area (TPSA) is 46.7 Å². The summed E-state index contributed by atoms with van der Waals surface area (Å²) in [5.74, 6) is 0. The fraction of sp³-hybridized carbons (Fsp3) is 0.333. The summed E-state index contributed by atoms with van der Waals surface area (Å²) >= 11 is 1.57. The second kappa shape index (κ2) is 3.36. The van der Waals surface area contributed by atoms with Crippen molar-refractivity contribution in [2.24, 2.45) is 4.99 Å². The lowest BCUT2D eigenvalue weighted by atomic mass is 10.2. The Morgan fingerprint density at radius 3 is 3.21 bits per heavy atom. The summed E-state index contributed by atoms with van der Waals surface area (Å²) in [6.45, 7) is 3.78. The van der Waals surface area contributed by atoms with Crippen LogP contribution in [0, 0.1) is 6.92 Å². The van der Waals surface area contributed by atoms with Crippen molar-refractivity contribution in [3.63, 3.8) is 0 Å². The van der Waals surface area contributed by atoms with E-state index in [1.807, 2.05) is 29.8 Å². The maximum absolute atomic E-state index is 10.2. The van der Waals surface area contributed by atoms with Crippen LogP contribution < -0.4 is 0 Å². The molecule has 0 saturated heterocycles. The second-order valence-corrected chi connectivity index (χ2v) is 3.91. The third-order valence-corrected chi connectivity index (χ3v) is 2.88. The molecule has 1 atom stereocenters. The lowest BCUT2D eigenvalue weighted by Crippen LogP contribution is -1.96. The first kappa shape index (κ1) is 9.12. The molecule has 0 aliphatic rings. The van der Waals surface area contributed by atoms with Crippen molar-refractivity contribution >= 4 is 22.4 Å². The summed E-state index contributed by atoms with van der Waals surface area (Å²) in [4.78, 5) is 19.2. The van der Waals surface area contributed by atoms with Gasteiger partial charge in [-0.3, -0.25) is 4.40 Å². The number of imidazole rings is 1. The van der Waals surface area contributed by atoms with Crippen LogP contribution in [0.25, 0.3) is 4.96 Å². The summed E-state index contributed by atoms with van der Waals surface area (Å²) in [5, 5.41) is 1.96. The molecule has 0 amide bonds. The summed E-state index contributed by atoms with van der Waals surface area (Å²) in [5.41, 5.74) is 1.88. The highest BCUT2D eigenvalue weighted by molar-refractivity contribution is 7.15. The molecule has 2 aromatic rings. The predicted octanol–water partition coefficient (Wildman–Crippen LogP) is 2.10. The lowest BCUT2D eigenvalue weighted by molar-refractivity contribution is 0.558. The van der Waals surface area contributed by atoms with E-state index in [4.69, 9.17) is 0 Å². The van der Waals surface area contributed by atoms with Crippen LogP contribution in [-0.4, -0.2) is 15.5 Å². The van der Waals surface area contributed by atoms with Crippen LogP contribution in [0.2, 0.25) is 0 Å². The van der Waals surface area contributed by atoms with Gasteiger partial charge >= 0.3 is 0 Å². The molecule has 0 spiro atoms. The van der Waals surface area contributed by atoms with Crippen LogP contribution in [0.15, 0.2) is 16.6 Å². The number of thiazole rings is 1. The quantitative estimate of drug-likeness (QED) is 0.559. The van der Waals surface area contributed by atoms with Gasteiger partial charge in [0.05, 0.1) is 11.4 Å². The van der Waals surface area contributed by atoms with Gasteiger partial charge in [-0.05, 0) is 13.8 Å². The number of nitrogens with zero attached hydrogens (tertiary/aromatic N) is 3. The zero-order valence-electron chi connectivity index (χ0n) is 7.89. The normalized spacial score (nSPS) is 12.7. The van der Waals surface area contributed by atoms with Gasteiger partial charge in [-0.2, -0.15) is 4.99 Å². The molecule has 72 valence electrons. The third-order valence-electron chi connectivity index (χ3n) is 2.13. The summed E-state index contributed by atoms with van der Waals surface area (Å²) in [7, 11) is 0. The van der Waals surface area contributed by atoms with E-state index in [-0.39, 0.29) is 6.04 Å². The minimum atomic E-state index is -0.183. The van der Waals surface area contributed by atoms with E-state index in [9.17, 15) is 4.79 Å². The SMILES string of the molecule is Cc1nc2sccn2c1C(C)N=C=O. The number of isocyanates is 1. The Morgan fingerprint density at radius 2 is 2.50 bits per heavy atom. The predicted molar refractivity (Wildman–Crippen MR) is 54.3 cm³/mol. The molecular weight excluding hydrogens is 198 g/mol. The van der Waals surface area contributed by atoms with Crippen LogP contribution in [-0.2, 0) is 4.79 Å². The number of rotatable bonds is 2. The first-order chi connectivity index (χ1) is 6.74. The lowest BCUT2D eigenvalue weighted by Gasteiger charge is -2.03. The van der Waals surface area contributed by atoms with Crippen molar-refractivity contribution in [3.8, 4) is 0 Å². The Bertz CT molecular complexity index is 507. The highest BCUT2D eigenvalue weighted by atomic mass is 32.1. The molecule has 1 unspecified atom stereocenters. The van der Waals surface area contributed by atoms with Crippen LogP contribution in [0.1, 0.15) is 24.4 Å². The molecular formula is C9H9N3OS. The van der Waals surface area contributed by atoms with Crippen LogP contribution in [0.5, 0.6) is 0 Å². The summed E-state index contributed by atoms with van der Waals surface area (Å²) < 4.78 is 1.96. The van der Waals surface area contributed by atoms with Crippen molar-refractivity contribution in [1.82, 2.24) is 9.38 Å². The van der Waals surface area contributed by atoms with Gasteiger partial charge in [-0.25, -0.2) is 9.78 Å². The number of aliphatic imine (C=N–C) groups is 1. The first-order valence-electron chi connectivity index (χ1n) is 4.23. The van der Waals surface area contributed by atoms with Crippen molar-refractivity contribution in [1.29, 1.82) is 0 Å².